The van der Waals surface area contributed by atoms with Crippen molar-refractivity contribution in [2.45, 2.75) is 74.9 Å². The van der Waals surface area contributed by atoms with Crippen LogP contribution < -0.4 is 20.5 Å². The van der Waals surface area contributed by atoms with Gasteiger partial charge in [0.05, 0.1) is 17.4 Å². The lowest BCUT2D eigenvalue weighted by molar-refractivity contribution is -0.137. The number of amides is 4. The number of fused-ring (bicyclic) bond motifs is 3. The Morgan fingerprint density at radius 3 is 2.50 bits per heavy atom. The molecule has 7 rings (SSSR count). The van der Waals surface area contributed by atoms with Gasteiger partial charge in [-0.15, -0.1) is 0 Å². The molecule has 2 aliphatic carbocycles. The first-order valence-electron chi connectivity index (χ1n) is 17.9. The van der Waals surface area contributed by atoms with E-state index in [2.05, 4.69) is 20.0 Å². The molecule has 2 aromatic carbocycles. The predicted molar refractivity (Wildman–Crippen MR) is 191 cm³/mol. The number of likely N-dealkylation sites (tertiary alicyclic amines) is 1. The van der Waals surface area contributed by atoms with Gasteiger partial charge in [0.2, 0.25) is 27.4 Å². The number of nitrogens with zero attached hydrogens (tertiary/aromatic N) is 3. The fourth-order valence-corrected chi connectivity index (χ4v) is 8.01. The number of benzene rings is 2. The summed E-state index contributed by atoms with van der Waals surface area (Å²) in [5.41, 5.74) is 6.28. The van der Waals surface area contributed by atoms with Gasteiger partial charge in [-0.2, -0.15) is 18.2 Å². The minimum atomic E-state index is -4.51. The summed E-state index contributed by atoms with van der Waals surface area (Å²) in [6.07, 6.45) is 3.76. The van der Waals surface area contributed by atoms with E-state index in [1.165, 1.54) is 17.0 Å². The third-order valence-corrected chi connectivity index (χ3v) is 11.7. The maximum Gasteiger partial charge on any atom is 0.416 e. The Balaban J connectivity index is 0.926. The molecule has 0 radical (unpaired) electrons. The number of nitrogens with two attached hydrogens (primary N) is 1. The molecule has 1 saturated heterocycles. The number of unbranched alkanes of at least 4 members (excludes halogenated alkanes) is 3. The Morgan fingerprint density at radius 1 is 1.02 bits per heavy atom. The van der Waals surface area contributed by atoms with E-state index in [4.69, 9.17) is 14.9 Å². The van der Waals surface area contributed by atoms with Gasteiger partial charge in [-0.1, -0.05) is 42.8 Å². The molecule has 0 bridgehead atoms. The Bertz CT molecular complexity index is 2200. The number of carbonyl (C=O) groups excluding carboxylic acids is 3. The third-order valence-electron chi connectivity index (χ3n) is 9.88. The summed E-state index contributed by atoms with van der Waals surface area (Å²) in [4.78, 5) is 48.3. The zero-order valence-electron chi connectivity index (χ0n) is 29.1. The SMILES string of the molecule is NC(=O)[C@@H]1C[C@@H](Oc2nc(-c3ccc(C(F)(F)F)cc3)nc3c2oc2ccccc23)CN1C(=O)NCCCCC/C=C\[C@@H]1C[C@@H]1C(=O)NS(=O)(=O)C1CC1. The Labute approximate surface area is 308 Å². The van der Waals surface area contributed by atoms with Crippen molar-refractivity contribution in [3.63, 3.8) is 0 Å². The maximum absolute atomic E-state index is 13.2. The first-order chi connectivity index (χ1) is 25.8. The van der Waals surface area contributed by atoms with E-state index in [0.717, 1.165) is 31.4 Å². The topological polar surface area (TPSA) is 187 Å². The van der Waals surface area contributed by atoms with Crippen LogP contribution in [0.5, 0.6) is 5.88 Å². The molecule has 2 aromatic heterocycles. The highest BCUT2D eigenvalue weighted by Crippen LogP contribution is 2.41. The van der Waals surface area contributed by atoms with Gasteiger partial charge in [0.15, 0.2) is 5.82 Å². The average Bonchev–Trinajstić information content (AvgIpc) is 4.06. The van der Waals surface area contributed by atoms with Crippen LogP contribution in [0.2, 0.25) is 0 Å². The van der Waals surface area contributed by atoms with Crippen LogP contribution >= 0.6 is 0 Å². The van der Waals surface area contributed by atoms with Crippen LogP contribution in [0.3, 0.4) is 0 Å². The number of furan rings is 1. The molecule has 17 heteroatoms. The number of rotatable bonds is 14. The quantitative estimate of drug-likeness (QED) is 0.111. The molecule has 0 spiro atoms. The van der Waals surface area contributed by atoms with Crippen LogP contribution in [0.15, 0.2) is 65.1 Å². The second kappa shape index (κ2) is 14.9. The molecular formula is C37H39F3N6O7S. The minimum Gasteiger partial charge on any atom is -0.470 e. The number of allylic oxidation sites excluding steroid dienone is 2. The van der Waals surface area contributed by atoms with Gasteiger partial charge < -0.3 is 25.1 Å². The highest BCUT2D eigenvalue weighted by Gasteiger charge is 2.45. The third kappa shape index (κ3) is 8.30. The average molecular weight is 769 g/mol. The molecule has 4 aromatic rings. The number of para-hydroxylation sites is 1. The summed E-state index contributed by atoms with van der Waals surface area (Å²) < 4.78 is 78.1. The second-order valence-corrected chi connectivity index (χ2v) is 15.9. The lowest BCUT2D eigenvalue weighted by Gasteiger charge is -2.22. The number of nitrogens with one attached hydrogen (secondary N) is 2. The number of hydrogen-bond donors (Lipinski definition) is 3. The van der Waals surface area contributed by atoms with Gasteiger partial charge in [-0.05, 0) is 68.7 Å². The van der Waals surface area contributed by atoms with Crippen LogP contribution in [0, 0.1) is 11.8 Å². The summed E-state index contributed by atoms with van der Waals surface area (Å²) in [5.74, 6) is -1.27. The monoisotopic (exact) mass is 768 g/mol. The van der Waals surface area contributed by atoms with Crippen molar-refractivity contribution >= 4 is 49.9 Å². The van der Waals surface area contributed by atoms with Crippen molar-refractivity contribution in [3.8, 4) is 17.3 Å². The van der Waals surface area contributed by atoms with Gasteiger partial charge in [0.1, 0.15) is 23.2 Å². The molecule has 4 N–H and O–H groups in total. The summed E-state index contributed by atoms with van der Waals surface area (Å²) in [7, 11) is -3.53. The largest absolute Gasteiger partial charge is 0.470 e. The highest BCUT2D eigenvalue weighted by molar-refractivity contribution is 7.90. The number of ether oxygens (including phenoxy) is 1. The fraction of sp³-hybridized carbons (Fsp3) is 0.432. The van der Waals surface area contributed by atoms with E-state index in [9.17, 15) is 36.0 Å². The van der Waals surface area contributed by atoms with Crippen molar-refractivity contribution in [2.75, 3.05) is 13.1 Å². The summed E-state index contributed by atoms with van der Waals surface area (Å²) in [6.45, 7) is 0.372. The highest BCUT2D eigenvalue weighted by atomic mass is 32.2. The molecular weight excluding hydrogens is 730 g/mol. The number of halogens is 3. The van der Waals surface area contributed by atoms with Gasteiger partial charge in [0.25, 0.3) is 5.88 Å². The smallest absolute Gasteiger partial charge is 0.416 e. The first kappa shape index (κ1) is 37.1. The van der Waals surface area contributed by atoms with Crippen LogP contribution in [0.1, 0.15) is 56.9 Å². The van der Waals surface area contributed by atoms with Crippen molar-refractivity contribution < 1.29 is 45.1 Å². The zero-order chi connectivity index (χ0) is 38.2. The number of hydrogen-bond acceptors (Lipinski definition) is 9. The molecule has 2 saturated carbocycles. The Morgan fingerprint density at radius 2 is 1.78 bits per heavy atom. The zero-order valence-corrected chi connectivity index (χ0v) is 29.9. The number of aromatic nitrogens is 2. The molecule has 3 aliphatic rings. The van der Waals surface area contributed by atoms with Crippen LogP contribution in [0.25, 0.3) is 33.5 Å². The van der Waals surface area contributed by atoms with Gasteiger partial charge in [-0.3, -0.25) is 14.3 Å². The van der Waals surface area contributed by atoms with Crippen LogP contribution in [-0.4, -0.2) is 71.6 Å². The lowest BCUT2D eigenvalue weighted by atomic mass is 10.1. The molecule has 4 amide bonds. The summed E-state index contributed by atoms with van der Waals surface area (Å²) in [5, 5.41) is 3.05. The number of primary amides is 1. The Kier molecular flexibility index (Phi) is 10.3. The number of alkyl halides is 3. The fourth-order valence-electron chi connectivity index (χ4n) is 6.66. The normalized spacial score (nSPS) is 21.5. The molecule has 1 aliphatic heterocycles. The molecule has 13 nitrogen and oxygen atoms in total. The number of urea groups is 1. The van der Waals surface area contributed by atoms with E-state index in [1.54, 1.807) is 24.3 Å². The van der Waals surface area contributed by atoms with Gasteiger partial charge in [-0.25, -0.2) is 18.2 Å². The molecule has 4 atom stereocenters. The number of sulfonamides is 1. The van der Waals surface area contributed by atoms with Crippen LogP contribution in [0.4, 0.5) is 18.0 Å². The molecule has 54 heavy (non-hydrogen) atoms. The number of carbonyl (C=O) groups is 3. The minimum absolute atomic E-state index is 0.0117. The first-order valence-corrected chi connectivity index (χ1v) is 19.4. The molecule has 3 fully saturated rings. The van der Waals surface area contributed by atoms with Crippen molar-refractivity contribution in [1.29, 1.82) is 0 Å². The van der Waals surface area contributed by atoms with Crippen molar-refractivity contribution in [2.24, 2.45) is 17.6 Å². The standard InChI is InChI=1S/C37H39F3N6O7S/c38-37(39,40)23-13-11-21(12-14-23)33-43-30-26-9-5-6-10-29(26)53-31(30)35(44-33)52-24-19-28(32(41)47)46(20-24)36(49)42-17-7-3-1-2-4-8-22-18-27(22)34(48)45-54(50,51)25-15-16-25/h4-6,8-14,22,24-25,27-28H,1-3,7,15-20H2,(H2,41,47)(H,42,49)(H,45,48)/b8-4-/t22-,24-,27+,28+/m1/s1. The predicted octanol–water partition coefficient (Wildman–Crippen LogP) is 5.44. The van der Waals surface area contributed by atoms with Crippen molar-refractivity contribution in [3.05, 3.63) is 66.2 Å². The van der Waals surface area contributed by atoms with Gasteiger partial charge in [0, 0.05) is 29.8 Å². The second-order valence-electron chi connectivity index (χ2n) is 14.0. The molecule has 0 unspecified atom stereocenters. The Hall–Kier alpha value is -5.19. The van der Waals surface area contributed by atoms with E-state index in [1.807, 2.05) is 12.2 Å². The van der Waals surface area contributed by atoms with E-state index in [0.29, 0.717) is 54.3 Å². The van der Waals surface area contributed by atoms with Crippen molar-refractivity contribution in [1.82, 2.24) is 24.9 Å². The van der Waals surface area contributed by atoms with Gasteiger partial charge >= 0.3 is 12.2 Å². The van der Waals surface area contributed by atoms with E-state index >= 15 is 0 Å². The lowest BCUT2D eigenvalue weighted by Crippen LogP contribution is -2.48. The summed E-state index contributed by atoms with van der Waals surface area (Å²) in [6, 6.07) is 10.1. The molecule has 286 valence electrons. The van der Waals surface area contributed by atoms with Crippen LogP contribution in [-0.2, 0) is 25.8 Å². The molecule has 3 heterocycles. The maximum atomic E-state index is 13.2. The van der Waals surface area contributed by atoms with E-state index in [-0.39, 0.29) is 42.1 Å². The summed E-state index contributed by atoms with van der Waals surface area (Å²) >= 11 is 0. The van der Waals surface area contributed by atoms with E-state index < -0.39 is 57.0 Å².